The van der Waals surface area contributed by atoms with Crippen molar-refractivity contribution in [2.75, 3.05) is 19.8 Å². The van der Waals surface area contributed by atoms with E-state index < -0.39 is 5.60 Å². The fraction of sp³-hybridized carbons (Fsp3) is 0.429. The van der Waals surface area contributed by atoms with Crippen molar-refractivity contribution in [3.63, 3.8) is 0 Å². The van der Waals surface area contributed by atoms with Crippen molar-refractivity contribution in [2.45, 2.75) is 209 Å². The van der Waals surface area contributed by atoms with Gasteiger partial charge in [0.05, 0.1) is 13.2 Å². The summed E-state index contributed by atoms with van der Waals surface area (Å²) in [6.45, 7) is 10.7. The van der Waals surface area contributed by atoms with E-state index in [9.17, 15) is 0 Å². The van der Waals surface area contributed by atoms with Gasteiger partial charge in [0, 0.05) is 45.9 Å². The Morgan fingerprint density at radius 1 is 0.322 bits per heavy atom. The summed E-state index contributed by atoms with van der Waals surface area (Å²) in [7, 11) is 0. The van der Waals surface area contributed by atoms with Gasteiger partial charge in [0.2, 0.25) is 0 Å². The van der Waals surface area contributed by atoms with Crippen molar-refractivity contribution in [3.8, 4) is 11.5 Å². The Labute approximate surface area is 523 Å². The lowest BCUT2D eigenvalue weighted by atomic mass is 9.72. The fourth-order valence-corrected chi connectivity index (χ4v) is 16.1. The third kappa shape index (κ3) is 14.1. The second-order valence-corrected chi connectivity index (χ2v) is 27.0. The monoisotopic (exact) mass is 1150 g/mol. The van der Waals surface area contributed by atoms with Crippen LogP contribution in [0, 0.1) is 0 Å². The summed E-state index contributed by atoms with van der Waals surface area (Å²) in [5.74, 6) is 4.43. The molecular formula is C84H98O3. The lowest BCUT2D eigenvalue weighted by Gasteiger charge is -2.41. The van der Waals surface area contributed by atoms with E-state index in [4.69, 9.17) is 14.2 Å². The van der Waals surface area contributed by atoms with E-state index in [1.807, 2.05) is 0 Å². The molecule has 8 aromatic carbocycles. The molecule has 4 atom stereocenters. The van der Waals surface area contributed by atoms with Crippen molar-refractivity contribution >= 4 is 0 Å². The van der Waals surface area contributed by atoms with E-state index in [0.29, 0.717) is 36.9 Å². The van der Waals surface area contributed by atoms with Crippen LogP contribution >= 0.6 is 0 Å². The average molecular weight is 1160 g/mol. The van der Waals surface area contributed by atoms with E-state index in [0.717, 1.165) is 11.5 Å². The van der Waals surface area contributed by atoms with Crippen LogP contribution in [-0.2, 0) is 10.3 Å². The zero-order chi connectivity index (χ0) is 59.4. The van der Waals surface area contributed by atoms with Crippen LogP contribution in [0.1, 0.15) is 281 Å². The molecule has 0 bridgehead atoms. The topological polar surface area (TPSA) is 27.7 Å². The Kier molecular flexibility index (Phi) is 20.3. The first-order valence-corrected chi connectivity index (χ1v) is 34.5. The molecule has 0 aromatic heterocycles. The zero-order valence-corrected chi connectivity index (χ0v) is 53.1. The smallest absolute Gasteiger partial charge is 0.183 e. The Morgan fingerprint density at radius 2 is 0.621 bits per heavy atom. The molecule has 4 aliphatic rings. The van der Waals surface area contributed by atoms with Crippen LogP contribution < -0.4 is 9.47 Å². The average Bonchev–Trinajstić information content (AvgIpc) is 0.968. The third-order valence-electron chi connectivity index (χ3n) is 21.5. The zero-order valence-electron chi connectivity index (χ0n) is 53.1. The van der Waals surface area contributed by atoms with Crippen molar-refractivity contribution in [2.24, 2.45) is 0 Å². The number of hydrogen-bond donors (Lipinski definition) is 0. The number of ether oxygens (including phenoxy) is 3. The molecule has 87 heavy (non-hydrogen) atoms. The predicted octanol–water partition coefficient (Wildman–Crippen LogP) is 22.9. The van der Waals surface area contributed by atoms with Crippen molar-refractivity contribution in [3.05, 3.63) is 272 Å². The van der Waals surface area contributed by atoms with Crippen LogP contribution in [0.15, 0.2) is 194 Å². The van der Waals surface area contributed by atoms with Gasteiger partial charge >= 0.3 is 0 Å². The Hall–Kier alpha value is -6.68. The van der Waals surface area contributed by atoms with Crippen LogP contribution in [-0.4, -0.2) is 19.8 Å². The van der Waals surface area contributed by atoms with Gasteiger partial charge in [-0.05, 0) is 143 Å². The van der Waals surface area contributed by atoms with Gasteiger partial charge in [0.25, 0.3) is 0 Å². The molecule has 0 saturated heterocycles. The number of hydrogen-bond acceptors (Lipinski definition) is 3. The minimum Gasteiger partial charge on any atom is -0.491 e. The van der Waals surface area contributed by atoms with Crippen LogP contribution in [0.4, 0.5) is 0 Å². The highest BCUT2D eigenvalue weighted by Gasteiger charge is 2.44. The predicted molar refractivity (Wildman–Crippen MR) is 363 cm³/mol. The van der Waals surface area contributed by atoms with E-state index >= 15 is 0 Å². The molecule has 4 fully saturated rings. The van der Waals surface area contributed by atoms with Gasteiger partial charge in [-0.2, -0.15) is 0 Å². The summed E-state index contributed by atoms with van der Waals surface area (Å²) >= 11 is 0. The van der Waals surface area contributed by atoms with Gasteiger partial charge in [0.15, 0.2) is 5.60 Å². The molecule has 452 valence electrons. The van der Waals surface area contributed by atoms with E-state index in [1.54, 1.807) is 0 Å². The second kappa shape index (κ2) is 29.1. The molecule has 0 spiro atoms. The van der Waals surface area contributed by atoms with Gasteiger partial charge in [-0.3, -0.25) is 0 Å². The van der Waals surface area contributed by atoms with Gasteiger partial charge in [-0.15, -0.1) is 0 Å². The SMILES string of the molecule is CC(c1ccccc1)c1cc(C2CCCCC2)ccc1OCCOCC(Oc1ccc(C2CCCCC2)cc1C(C)c1ccccc1)(c1ccc(C2CCCCC2)cc1C(C)c1ccccc1)c1ccc(C2CCCCC2)cc1C(C)c1ccccc1. The molecule has 3 heteroatoms. The molecule has 0 aliphatic heterocycles. The maximum absolute atomic E-state index is 8.58. The highest BCUT2D eigenvalue weighted by atomic mass is 16.6. The van der Waals surface area contributed by atoms with Gasteiger partial charge in [-0.25, -0.2) is 0 Å². The quantitative estimate of drug-likeness (QED) is 0.0633. The molecule has 4 saturated carbocycles. The van der Waals surface area contributed by atoms with Crippen LogP contribution in [0.25, 0.3) is 0 Å². The molecule has 0 radical (unpaired) electrons. The highest BCUT2D eigenvalue weighted by Crippen LogP contribution is 2.50. The van der Waals surface area contributed by atoms with Crippen molar-refractivity contribution < 1.29 is 14.2 Å². The summed E-state index contributed by atoms with van der Waals surface area (Å²) in [6.07, 6.45) is 25.5. The van der Waals surface area contributed by atoms with Crippen molar-refractivity contribution in [1.82, 2.24) is 0 Å². The van der Waals surface area contributed by atoms with Crippen LogP contribution in [0.5, 0.6) is 11.5 Å². The molecule has 4 unspecified atom stereocenters. The summed E-state index contributed by atoms with van der Waals surface area (Å²) in [5.41, 5.74) is 17.4. The van der Waals surface area contributed by atoms with Crippen LogP contribution in [0.2, 0.25) is 0 Å². The Balaban J connectivity index is 1.04. The largest absolute Gasteiger partial charge is 0.491 e. The normalized spacial score (nSPS) is 18.7. The van der Waals surface area contributed by atoms with Gasteiger partial charge < -0.3 is 14.2 Å². The summed E-state index contributed by atoms with van der Waals surface area (Å²) < 4.78 is 23.2. The van der Waals surface area contributed by atoms with E-state index in [-0.39, 0.29) is 30.3 Å². The standard InChI is InChI=1S/C84H98O3/c1-60(64-29-13-5-14-30-64)76-55-72(68-37-21-9-22-38-68)45-49-80(76)84(81-50-46-73(69-39-23-10-24-40-69)56-77(81)61(2)65-31-15-6-16-32-65,87-83-52-48-75(71-43-27-12-28-44-71)58-79(83)63(4)67-35-19-8-20-36-67)59-85-53-54-86-82-51-47-74(70-41-25-11-26-42-70)57-78(82)62(3)66-33-17-7-18-34-66/h5-8,13-20,29-36,45-52,55-58,60-63,68-71H,9-12,21-28,37-44,53-54,59H2,1-4H3. The maximum Gasteiger partial charge on any atom is 0.183 e. The molecule has 3 nitrogen and oxygen atoms in total. The minimum absolute atomic E-state index is 0.0607. The molecule has 0 N–H and O–H groups in total. The molecule has 12 rings (SSSR count). The summed E-state index contributed by atoms with van der Waals surface area (Å²) in [6, 6.07) is 74.4. The first-order chi connectivity index (χ1) is 42.8. The van der Waals surface area contributed by atoms with Gasteiger partial charge in [-0.1, -0.05) is 287 Å². The fourth-order valence-electron chi connectivity index (χ4n) is 16.1. The third-order valence-corrected chi connectivity index (χ3v) is 21.5. The molecule has 4 aliphatic carbocycles. The van der Waals surface area contributed by atoms with Crippen LogP contribution in [0.3, 0.4) is 0 Å². The van der Waals surface area contributed by atoms with E-state index in [2.05, 4.69) is 222 Å². The lowest BCUT2D eigenvalue weighted by Crippen LogP contribution is -2.42. The lowest BCUT2D eigenvalue weighted by molar-refractivity contribution is -0.0138. The Morgan fingerprint density at radius 3 is 0.977 bits per heavy atom. The van der Waals surface area contributed by atoms with E-state index in [1.165, 1.54) is 206 Å². The summed E-state index contributed by atoms with van der Waals surface area (Å²) in [5, 5.41) is 0. The first-order valence-electron chi connectivity index (χ1n) is 34.5. The van der Waals surface area contributed by atoms with Gasteiger partial charge in [0.1, 0.15) is 18.1 Å². The number of benzene rings is 8. The van der Waals surface area contributed by atoms with Crippen molar-refractivity contribution in [1.29, 1.82) is 0 Å². The molecule has 8 aromatic rings. The second-order valence-electron chi connectivity index (χ2n) is 27.0. The highest BCUT2D eigenvalue weighted by molar-refractivity contribution is 5.56. The summed E-state index contributed by atoms with van der Waals surface area (Å²) in [4.78, 5) is 0. The maximum atomic E-state index is 8.58. The Bertz CT molecular complexity index is 3300. The minimum atomic E-state index is -1.13. The molecule has 0 heterocycles. The molecular weight excluding hydrogens is 1060 g/mol. The number of rotatable bonds is 22. The first kappa shape index (κ1) is 60.6. The molecule has 0 amide bonds.